The van der Waals surface area contributed by atoms with Crippen LogP contribution in [-0.4, -0.2) is 25.6 Å². The summed E-state index contributed by atoms with van der Waals surface area (Å²) in [6, 6.07) is 0. The minimum absolute atomic E-state index is 0.156. The van der Waals surface area contributed by atoms with Crippen LogP contribution in [0.15, 0.2) is 0 Å². The highest BCUT2D eigenvalue weighted by Gasteiger charge is 2.10. The van der Waals surface area contributed by atoms with Crippen LogP contribution in [0.5, 0.6) is 0 Å². The summed E-state index contributed by atoms with van der Waals surface area (Å²) in [5, 5.41) is 0.654. The van der Waals surface area contributed by atoms with Crippen molar-refractivity contribution in [1.29, 1.82) is 0 Å². The van der Waals surface area contributed by atoms with Gasteiger partial charge in [0.25, 0.3) is 0 Å². The van der Waals surface area contributed by atoms with Gasteiger partial charge in [-0.25, -0.2) is 0 Å². The van der Waals surface area contributed by atoms with Gasteiger partial charge >= 0.3 is 0 Å². The van der Waals surface area contributed by atoms with Gasteiger partial charge in [-0.3, -0.25) is 9.00 Å². The van der Waals surface area contributed by atoms with Gasteiger partial charge in [-0.1, -0.05) is 39.5 Å². The SMILES string of the molecule is CC(C)SC(=O)CCS(=O)C(C)C. The molecule has 0 saturated heterocycles. The van der Waals surface area contributed by atoms with E-state index in [0.29, 0.717) is 17.4 Å². The molecule has 0 aromatic carbocycles. The maximum Gasteiger partial charge on any atom is 0.190 e. The summed E-state index contributed by atoms with van der Waals surface area (Å²) >= 11 is 1.33. The van der Waals surface area contributed by atoms with Crippen molar-refractivity contribution in [2.24, 2.45) is 0 Å². The molecule has 0 aliphatic heterocycles. The molecule has 4 heteroatoms. The third-order valence-corrected chi connectivity index (χ3v) is 4.00. The molecule has 2 nitrogen and oxygen atoms in total. The summed E-state index contributed by atoms with van der Waals surface area (Å²) in [7, 11) is -0.841. The normalized spacial score (nSPS) is 13.7. The molecule has 0 N–H and O–H groups in total. The standard InChI is InChI=1S/C9H18O2S2/c1-7(2)12-9(10)5-6-13(11)8(3)4/h7-8H,5-6H2,1-4H3. The lowest BCUT2D eigenvalue weighted by Crippen LogP contribution is -2.12. The Bertz CT molecular complexity index is 188. The molecular weight excluding hydrogens is 204 g/mol. The van der Waals surface area contributed by atoms with Crippen molar-refractivity contribution in [2.45, 2.75) is 44.6 Å². The Morgan fingerprint density at radius 3 is 2.23 bits per heavy atom. The molecule has 0 saturated carbocycles. The third kappa shape index (κ3) is 7.26. The highest BCUT2D eigenvalue weighted by molar-refractivity contribution is 8.14. The predicted molar refractivity (Wildman–Crippen MR) is 60.5 cm³/mol. The van der Waals surface area contributed by atoms with Crippen LogP contribution in [-0.2, 0) is 15.6 Å². The molecule has 1 unspecified atom stereocenters. The first-order chi connectivity index (χ1) is 5.93. The number of carbonyl (C=O) groups excluding carboxylic acids is 1. The fourth-order valence-corrected chi connectivity index (χ4v) is 2.47. The molecule has 0 rings (SSSR count). The van der Waals surface area contributed by atoms with Crippen LogP contribution in [0.2, 0.25) is 0 Å². The van der Waals surface area contributed by atoms with Crippen molar-refractivity contribution >= 4 is 27.7 Å². The maximum absolute atomic E-state index is 11.3. The van der Waals surface area contributed by atoms with Gasteiger partial charge in [0.1, 0.15) is 0 Å². The minimum atomic E-state index is -0.841. The first-order valence-corrected chi connectivity index (χ1v) is 6.76. The van der Waals surface area contributed by atoms with Crippen molar-refractivity contribution in [2.75, 3.05) is 5.75 Å². The second kappa shape index (κ2) is 6.60. The average Bonchev–Trinajstić information content (AvgIpc) is 1.98. The van der Waals surface area contributed by atoms with Crippen LogP contribution >= 0.6 is 11.8 Å². The highest BCUT2D eigenvalue weighted by atomic mass is 32.2. The number of carbonyl (C=O) groups is 1. The Morgan fingerprint density at radius 2 is 1.85 bits per heavy atom. The summed E-state index contributed by atoms with van der Waals surface area (Å²) in [6.07, 6.45) is 0.438. The smallest absolute Gasteiger partial charge is 0.190 e. The van der Waals surface area contributed by atoms with E-state index < -0.39 is 10.8 Å². The second-order valence-corrected chi connectivity index (χ2v) is 7.17. The lowest BCUT2D eigenvalue weighted by Gasteiger charge is -2.05. The van der Waals surface area contributed by atoms with Crippen molar-refractivity contribution < 1.29 is 9.00 Å². The molecule has 0 heterocycles. The van der Waals surface area contributed by atoms with E-state index in [9.17, 15) is 9.00 Å². The zero-order valence-corrected chi connectivity index (χ0v) is 10.3. The first kappa shape index (κ1) is 13.2. The third-order valence-electron chi connectivity index (χ3n) is 1.40. The molecule has 0 aromatic rings. The van der Waals surface area contributed by atoms with Gasteiger partial charge in [0, 0.05) is 33.5 Å². The summed E-state index contributed by atoms with van der Waals surface area (Å²) in [5.74, 6) is 0.510. The number of hydrogen-bond donors (Lipinski definition) is 0. The van der Waals surface area contributed by atoms with Gasteiger partial charge in [0.15, 0.2) is 5.12 Å². The monoisotopic (exact) mass is 222 g/mol. The van der Waals surface area contributed by atoms with E-state index >= 15 is 0 Å². The fraction of sp³-hybridized carbons (Fsp3) is 0.889. The molecule has 0 fully saturated rings. The van der Waals surface area contributed by atoms with Gasteiger partial charge in [0.2, 0.25) is 0 Å². The van der Waals surface area contributed by atoms with E-state index in [1.165, 1.54) is 11.8 Å². The maximum atomic E-state index is 11.3. The van der Waals surface area contributed by atoms with Gasteiger partial charge in [-0.2, -0.15) is 0 Å². The molecule has 0 aliphatic rings. The van der Waals surface area contributed by atoms with E-state index in [1.54, 1.807) is 0 Å². The Morgan fingerprint density at radius 1 is 1.31 bits per heavy atom. The molecule has 0 spiro atoms. The highest BCUT2D eigenvalue weighted by Crippen LogP contribution is 2.13. The second-order valence-electron chi connectivity index (χ2n) is 3.42. The van der Waals surface area contributed by atoms with E-state index in [0.717, 1.165) is 0 Å². The van der Waals surface area contributed by atoms with Crippen LogP contribution in [0.4, 0.5) is 0 Å². The average molecular weight is 222 g/mol. The summed E-state index contributed by atoms with van der Waals surface area (Å²) in [5.41, 5.74) is 0. The summed E-state index contributed by atoms with van der Waals surface area (Å²) in [4.78, 5) is 11.2. The molecule has 0 radical (unpaired) electrons. The van der Waals surface area contributed by atoms with E-state index in [2.05, 4.69) is 0 Å². The van der Waals surface area contributed by atoms with Gasteiger partial charge in [-0.05, 0) is 0 Å². The summed E-state index contributed by atoms with van der Waals surface area (Å²) < 4.78 is 11.3. The minimum Gasteiger partial charge on any atom is -0.287 e. The topological polar surface area (TPSA) is 34.1 Å². The van der Waals surface area contributed by atoms with Crippen molar-refractivity contribution in [3.05, 3.63) is 0 Å². The quantitative estimate of drug-likeness (QED) is 0.715. The molecule has 0 aliphatic carbocycles. The van der Waals surface area contributed by atoms with Crippen molar-refractivity contribution in [3.8, 4) is 0 Å². The zero-order chi connectivity index (χ0) is 10.4. The molecule has 0 amide bonds. The van der Waals surface area contributed by atoms with Crippen LogP contribution in [0, 0.1) is 0 Å². The van der Waals surface area contributed by atoms with Crippen molar-refractivity contribution in [1.82, 2.24) is 0 Å². The Kier molecular flexibility index (Phi) is 6.68. The largest absolute Gasteiger partial charge is 0.287 e. The van der Waals surface area contributed by atoms with Gasteiger partial charge in [-0.15, -0.1) is 0 Å². The molecule has 0 aromatic heterocycles. The first-order valence-electron chi connectivity index (χ1n) is 4.50. The van der Waals surface area contributed by atoms with Crippen LogP contribution in [0.25, 0.3) is 0 Å². The molecule has 13 heavy (non-hydrogen) atoms. The molecule has 1 atom stereocenters. The number of thioether (sulfide) groups is 1. The van der Waals surface area contributed by atoms with Crippen LogP contribution in [0.3, 0.4) is 0 Å². The van der Waals surface area contributed by atoms with Crippen LogP contribution in [0.1, 0.15) is 34.1 Å². The molecular formula is C9H18O2S2. The van der Waals surface area contributed by atoms with Gasteiger partial charge < -0.3 is 0 Å². The summed E-state index contributed by atoms with van der Waals surface area (Å²) in [6.45, 7) is 7.80. The molecule has 78 valence electrons. The Hall–Kier alpha value is 0.170. The fourth-order valence-electron chi connectivity index (χ4n) is 0.741. The van der Waals surface area contributed by atoms with E-state index in [4.69, 9.17) is 0 Å². The lowest BCUT2D eigenvalue weighted by atomic mass is 10.5. The van der Waals surface area contributed by atoms with E-state index in [-0.39, 0.29) is 10.4 Å². The van der Waals surface area contributed by atoms with Gasteiger partial charge in [0.05, 0.1) is 0 Å². The molecule has 0 bridgehead atoms. The number of hydrogen-bond acceptors (Lipinski definition) is 3. The van der Waals surface area contributed by atoms with Crippen molar-refractivity contribution in [3.63, 3.8) is 0 Å². The predicted octanol–water partition coefficient (Wildman–Crippen LogP) is 2.20. The van der Waals surface area contributed by atoms with E-state index in [1.807, 2.05) is 27.7 Å². The lowest BCUT2D eigenvalue weighted by molar-refractivity contribution is -0.110. The Balaban J connectivity index is 3.64. The Labute approximate surface area is 87.3 Å². The number of rotatable bonds is 5. The zero-order valence-electron chi connectivity index (χ0n) is 8.70. The van der Waals surface area contributed by atoms with Crippen LogP contribution < -0.4 is 0 Å².